The summed E-state index contributed by atoms with van der Waals surface area (Å²) in [4.78, 5) is 24.4. The molecule has 0 radical (unpaired) electrons. The number of benzene rings is 1. The van der Waals surface area contributed by atoms with Gasteiger partial charge in [-0.2, -0.15) is 0 Å². The molecule has 0 aliphatic carbocycles. The lowest BCUT2D eigenvalue weighted by atomic mass is 10.2. The summed E-state index contributed by atoms with van der Waals surface area (Å²) in [6, 6.07) is 4.75. The van der Waals surface area contributed by atoms with Gasteiger partial charge in [0.05, 0.1) is 23.8 Å². The summed E-state index contributed by atoms with van der Waals surface area (Å²) in [6.45, 7) is 4.23. The molecule has 0 heterocycles. The van der Waals surface area contributed by atoms with Crippen LogP contribution in [0, 0.1) is 5.92 Å². The van der Waals surface area contributed by atoms with Crippen LogP contribution in [0.25, 0.3) is 0 Å². The van der Waals surface area contributed by atoms with E-state index in [1.807, 2.05) is 13.8 Å². The van der Waals surface area contributed by atoms with E-state index >= 15 is 0 Å². The average Bonchev–Trinajstić information content (AvgIpc) is 2.31. The summed E-state index contributed by atoms with van der Waals surface area (Å²) in [6.07, 6.45) is 0. The van der Waals surface area contributed by atoms with E-state index in [1.54, 1.807) is 23.1 Å². The molecular formula is C14H18Cl2N2O3. The van der Waals surface area contributed by atoms with Crippen molar-refractivity contribution in [2.24, 2.45) is 5.92 Å². The molecule has 1 aromatic rings. The molecular weight excluding hydrogens is 315 g/mol. The largest absolute Gasteiger partial charge is 0.480 e. The molecule has 0 aliphatic rings. The van der Waals surface area contributed by atoms with E-state index in [-0.39, 0.29) is 24.9 Å². The fourth-order valence-electron chi connectivity index (χ4n) is 1.88. The Kier molecular flexibility index (Phi) is 6.95. The lowest BCUT2D eigenvalue weighted by molar-refractivity contribution is -0.138. The molecule has 1 amide bonds. The maximum Gasteiger partial charge on any atom is 0.317 e. The number of hydrogen-bond acceptors (Lipinski definition) is 3. The third kappa shape index (κ3) is 6.80. The Bertz CT molecular complexity index is 521. The Morgan fingerprint density at radius 3 is 2.52 bits per heavy atom. The highest BCUT2D eigenvalue weighted by Crippen LogP contribution is 2.25. The summed E-state index contributed by atoms with van der Waals surface area (Å²) < 4.78 is 0. The quantitative estimate of drug-likeness (QED) is 0.805. The lowest BCUT2D eigenvalue weighted by Gasteiger charge is -2.21. The van der Waals surface area contributed by atoms with Gasteiger partial charge in [-0.1, -0.05) is 37.0 Å². The van der Waals surface area contributed by atoms with Crippen LogP contribution in [-0.2, 0) is 9.59 Å². The summed E-state index contributed by atoms with van der Waals surface area (Å²) in [5.41, 5.74) is 0.411. The molecule has 2 N–H and O–H groups in total. The number of halogens is 2. The Morgan fingerprint density at radius 2 is 1.95 bits per heavy atom. The molecule has 0 atom stereocenters. The number of carbonyl (C=O) groups is 2. The first-order valence-corrected chi connectivity index (χ1v) is 7.22. The first-order chi connectivity index (χ1) is 9.77. The fraction of sp³-hybridized carbons (Fsp3) is 0.429. The third-order valence-electron chi connectivity index (χ3n) is 2.55. The van der Waals surface area contributed by atoms with Gasteiger partial charge in [0.2, 0.25) is 5.91 Å². The fourth-order valence-corrected chi connectivity index (χ4v) is 2.22. The van der Waals surface area contributed by atoms with E-state index in [2.05, 4.69) is 5.32 Å². The number of carboxylic acids is 1. The molecule has 0 saturated heterocycles. The lowest BCUT2D eigenvalue weighted by Crippen LogP contribution is -2.39. The van der Waals surface area contributed by atoms with Crippen molar-refractivity contribution in [1.29, 1.82) is 0 Å². The molecule has 7 heteroatoms. The first kappa shape index (κ1) is 17.8. The zero-order valence-electron chi connectivity index (χ0n) is 11.9. The maximum absolute atomic E-state index is 12.0. The van der Waals surface area contributed by atoms with E-state index in [1.165, 1.54) is 0 Å². The van der Waals surface area contributed by atoms with Gasteiger partial charge in [-0.15, -0.1) is 0 Å². The van der Waals surface area contributed by atoms with E-state index in [0.29, 0.717) is 22.3 Å². The molecule has 116 valence electrons. The van der Waals surface area contributed by atoms with Crippen LogP contribution in [0.1, 0.15) is 13.8 Å². The first-order valence-electron chi connectivity index (χ1n) is 6.47. The smallest absolute Gasteiger partial charge is 0.317 e. The Morgan fingerprint density at radius 1 is 1.29 bits per heavy atom. The minimum absolute atomic E-state index is 0.0205. The number of carboxylic acid groups (broad SMARTS) is 1. The van der Waals surface area contributed by atoms with Gasteiger partial charge in [0, 0.05) is 11.6 Å². The highest BCUT2D eigenvalue weighted by Gasteiger charge is 2.16. The van der Waals surface area contributed by atoms with Gasteiger partial charge in [0.15, 0.2) is 0 Å². The predicted molar refractivity (Wildman–Crippen MR) is 84.0 cm³/mol. The van der Waals surface area contributed by atoms with Crippen LogP contribution in [-0.4, -0.2) is 41.5 Å². The van der Waals surface area contributed by atoms with Crippen molar-refractivity contribution in [1.82, 2.24) is 4.90 Å². The van der Waals surface area contributed by atoms with Crippen LogP contribution in [0.5, 0.6) is 0 Å². The van der Waals surface area contributed by atoms with Gasteiger partial charge in [-0.25, -0.2) is 0 Å². The van der Waals surface area contributed by atoms with E-state index < -0.39 is 5.97 Å². The molecule has 0 bridgehead atoms. The van der Waals surface area contributed by atoms with Crippen molar-refractivity contribution in [3.05, 3.63) is 28.2 Å². The SMILES string of the molecule is CC(C)CN(CC(=O)O)CC(=O)Nc1cc(Cl)ccc1Cl. The zero-order chi connectivity index (χ0) is 16.0. The van der Waals surface area contributed by atoms with Crippen LogP contribution in [0.4, 0.5) is 5.69 Å². The average molecular weight is 333 g/mol. The van der Waals surface area contributed by atoms with Crippen molar-refractivity contribution < 1.29 is 14.7 Å². The second-order valence-electron chi connectivity index (χ2n) is 5.13. The molecule has 0 saturated carbocycles. The molecule has 5 nitrogen and oxygen atoms in total. The van der Waals surface area contributed by atoms with Crippen LogP contribution in [0.15, 0.2) is 18.2 Å². The molecule has 21 heavy (non-hydrogen) atoms. The van der Waals surface area contributed by atoms with Crippen molar-refractivity contribution >= 4 is 40.8 Å². The van der Waals surface area contributed by atoms with Crippen LogP contribution < -0.4 is 5.32 Å². The predicted octanol–water partition coefficient (Wildman–Crippen LogP) is 2.97. The van der Waals surface area contributed by atoms with Gasteiger partial charge >= 0.3 is 5.97 Å². The third-order valence-corrected chi connectivity index (χ3v) is 3.12. The van der Waals surface area contributed by atoms with Gasteiger partial charge in [0.1, 0.15) is 0 Å². The van der Waals surface area contributed by atoms with E-state index in [0.717, 1.165) is 0 Å². The number of aliphatic carboxylic acids is 1. The number of amides is 1. The standard InChI is InChI=1S/C14H18Cl2N2O3/c1-9(2)6-18(8-14(20)21)7-13(19)17-12-5-10(15)3-4-11(12)16/h3-5,9H,6-8H2,1-2H3,(H,17,19)(H,20,21). The second kappa shape index (κ2) is 8.22. The molecule has 1 rings (SSSR count). The van der Waals surface area contributed by atoms with E-state index in [9.17, 15) is 9.59 Å². The number of nitrogens with zero attached hydrogens (tertiary/aromatic N) is 1. The normalized spacial score (nSPS) is 11.0. The number of carbonyl (C=O) groups excluding carboxylic acids is 1. The van der Waals surface area contributed by atoms with Crippen molar-refractivity contribution in [2.75, 3.05) is 25.0 Å². The van der Waals surface area contributed by atoms with Crippen LogP contribution in [0.3, 0.4) is 0 Å². The van der Waals surface area contributed by atoms with Crippen molar-refractivity contribution in [3.8, 4) is 0 Å². The monoisotopic (exact) mass is 332 g/mol. The highest BCUT2D eigenvalue weighted by molar-refractivity contribution is 6.35. The van der Waals surface area contributed by atoms with Crippen molar-refractivity contribution in [3.63, 3.8) is 0 Å². The topological polar surface area (TPSA) is 69.6 Å². The Balaban J connectivity index is 2.68. The summed E-state index contributed by atoms with van der Waals surface area (Å²) >= 11 is 11.8. The Hall–Kier alpha value is -1.30. The molecule has 0 aliphatic heterocycles. The molecule has 1 aromatic carbocycles. The van der Waals surface area contributed by atoms with Crippen LogP contribution in [0.2, 0.25) is 10.0 Å². The molecule has 0 fully saturated rings. The minimum atomic E-state index is -0.968. The summed E-state index contributed by atoms with van der Waals surface area (Å²) in [7, 11) is 0. The number of rotatable bonds is 7. The second-order valence-corrected chi connectivity index (χ2v) is 5.97. The molecule has 0 spiro atoms. The van der Waals surface area contributed by atoms with Gasteiger partial charge in [-0.05, 0) is 24.1 Å². The van der Waals surface area contributed by atoms with E-state index in [4.69, 9.17) is 28.3 Å². The summed E-state index contributed by atoms with van der Waals surface area (Å²) in [5.74, 6) is -1.04. The number of hydrogen-bond donors (Lipinski definition) is 2. The highest BCUT2D eigenvalue weighted by atomic mass is 35.5. The zero-order valence-corrected chi connectivity index (χ0v) is 13.4. The Labute approximate surface area is 133 Å². The van der Waals surface area contributed by atoms with Gasteiger partial charge < -0.3 is 10.4 Å². The number of anilines is 1. The maximum atomic E-state index is 12.0. The van der Waals surface area contributed by atoms with Crippen LogP contribution >= 0.6 is 23.2 Å². The number of nitrogens with one attached hydrogen (secondary N) is 1. The van der Waals surface area contributed by atoms with Crippen molar-refractivity contribution in [2.45, 2.75) is 13.8 Å². The van der Waals surface area contributed by atoms with Gasteiger partial charge in [-0.3, -0.25) is 14.5 Å². The molecule has 0 unspecified atom stereocenters. The molecule has 0 aromatic heterocycles. The minimum Gasteiger partial charge on any atom is -0.480 e. The summed E-state index contributed by atoms with van der Waals surface area (Å²) in [5, 5.41) is 12.3. The van der Waals surface area contributed by atoms with Gasteiger partial charge in [0.25, 0.3) is 0 Å².